The highest BCUT2D eigenvalue weighted by molar-refractivity contribution is 7.99. The van der Waals surface area contributed by atoms with E-state index in [1.807, 2.05) is 0 Å². The summed E-state index contributed by atoms with van der Waals surface area (Å²) in [5.41, 5.74) is -0.178. The van der Waals surface area contributed by atoms with Crippen molar-refractivity contribution in [1.82, 2.24) is 0 Å². The first-order chi connectivity index (χ1) is 12.8. The van der Waals surface area contributed by atoms with Crippen molar-refractivity contribution >= 4 is 46.6 Å². The van der Waals surface area contributed by atoms with E-state index in [4.69, 9.17) is 16.3 Å². The van der Waals surface area contributed by atoms with Crippen LogP contribution in [0.15, 0.2) is 47.4 Å². The Morgan fingerprint density at radius 3 is 2.59 bits per heavy atom. The second-order valence-electron chi connectivity index (χ2n) is 5.18. The molecule has 0 aliphatic heterocycles. The summed E-state index contributed by atoms with van der Waals surface area (Å²) < 4.78 is 17.6. The fourth-order valence-corrected chi connectivity index (χ4v) is 2.95. The Balaban J connectivity index is 1.73. The Labute approximate surface area is 163 Å². The Bertz CT molecular complexity index is 848. The number of anilines is 1. The van der Waals surface area contributed by atoms with Crippen LogP contribution in [0.25, 0.3) is 0 Å². The summed E-state index contributed by atoms with van der Waals surface area (Å²) in [4.78, 5) is 34.4. The third kappa shape index (κ3) is 6.87. The maximum atomic E-state index is 12.8. The van der Waals surface area contributed by atoms with Crippen molar-refractivity contribution in [2.24, 2.45) is 0 Å². The zero-order valence-electron chi connectivity index (χ0n) is 13.8. The second kappa shape index (κ2) is 9.89. The van der Waals surface area contributed by atoms with Crippen molar-refractivity contribution in [3.63, 3.8) is 0 Å². The van der Waals surface area contributed by atoms with E-state index < -0.39 is 23.4 Å². The van der Waals surface area contributed by atoms with Gasteiger partial charge in [-0.05, 0) is 36.4 Å². The summed E-state index contributed by atoms with van der Waals surface area (Å²) >= 11 is 7.04. The van der Waals surface area contributed by atoms with Crippen LogP contribution in [0.4, 0.5) is 15.8 Å². The third-order valence-electron chi connectivity index (χ3n) is 3.18. The van der Waals surface area contributed by atoms with Gasteiger partial charge in [-0.3, -0.25) is 19.7 Å². The molecule has 0 heterocycles. The molecule has 0 aliphatic rings. The van der Waals surface area contributed by atoms with Gasteiger partial charge in [-0.15, -0.1) is 11.8 Å². The van der Waals surface area contributed by atoms with Crippen LogP contribution in [0.2, 0.25) is 5.02 Å². The van der Waals surface area contributed by atoms with Crippen molar-refractivity contribution in [2.75, 3.05) is 17.7 Å². The molecule has 27 heavy (non-hydrogen) atoms. The molecule has 0 atom stereocenters. The summed E-state index contributed by atoms with van der Waals surface area (Å²) in [6.07, 6.45) is 0.0712. The fourth-order valence-electron chi connectivity index (χ4n) is 1.93. The minimum absolute atomic E-state index is 0.0527. The smallest absolute Gasteiger partial charge is 0.307 e. The lowest BCUT2D eigenvalue weighted by molar-refractivity contribution is -0.384. The predicted octanol–water partition coefficient (Wildman–Crippen LogP) is 4.05. The summed E-state index contributed by atoms with van der Waals surface area (Å²) in [5.74, 6) is -1.13. The quantitative estimate of drug-likeness (QED) is 0.304. The zero-order chi connectivity index (χ0) is 19.8. The highest BCUT2D eigenvalue weighted by atomic mass is 35.5. The first-order valence-corrected chi connectivity index (χ1v) is 8.99. The number of carbonyl (C=O) groups is 2. The number of hydrogen-bond acceptors (Lipinski definition) is 6. The number of nitrogens with zero attached hydrogens (tertiary/aromatic N) is 1. The molecule has 1 amide bonds. The van der Waals surface area contributed by atoms with Gasteiger partial charge in [-0.25, -0.2) is 4.39 Å². The molecule has 10 heteroatoms. The van der Waals surface area contributed by atoms with E-state index in [9.17, 15) is 24.1 Å². The number of esters is 1. The first-order valence-electron chi connectivity index (χ1n) is 7.63. The third-order valence-corrected chi connectivity index (χ3v) is 4.51. The first kappa shape index (κ1) is 20.7. The Morgan fingerprint density at radius 2 is 1.93 bits per heavy atom. The molecule has 0 saturated heterocycles. The molecule has 2 aromatic carbocycles. The van der Waals surface area contributed by atoms with E-state index in [0.717, 1.165) is 11.0 Å². The van der Waals surface area contributed by atoms with Gasteiger partial charge in [0.15, 0.2) is 6.61 Å². The largest absolute Gasteiger partial charge is 0.456 e. The lowest BCUT2D eigenvalue weighted by Crippen LogP contribution is -2.21. The van der Waals surface area contributed by atoms with E-state index in [1.54, 1.807) is 12.1 Å². The topological polar surface area (TPSA) is 98.5 Å². The average molecular weight is 413 g/mol. The molecule has 0 unspecified atom stereocenters. The molecule has 2 rings (SSSR count). The lowest BCUT2D eigenvalue weighted by atomic mass is 10.3. The number of nitro groups is 1. The molecule has 0 aromatic heterocycles. The minimum Gasteiger partial charge on any atom is -0.456 e. The van der Waals surface area contributed by atoms with Crippen LogP contribution in [0.3, 0.4) is 0 Å². The van der Waals surface area contributed by atoms with Crippen LogP contribution in [0.1, 0.15) is 6.42 Å². The van der Waals surface area contributed by atoms with Crippen LogP contribution < -0.4 is 5.32 Å². The maximum Gasteiger partial charge on any atom is 0.307 e. The monoisotopic (exact) mass is 412 g/mol. The standard InChI is InChI=1S/C17H14ClFN2O5S/c18-14-6-3-12(9-15(14)21(24)25)20-16(22)10-26-17(23)7-8-27-13-4-1-11(19)2-5-13/h1-6,9H,7-8,10H2,(H,20,22). The van der Waals surface area contributed by atoms with Gasteiger partial charge in [-0.2, -0.15) is 0 Å². The van der Waals surface area contributed by atoms with Gasteiger partial charge < -0.3 is 10.1 Å². The van der Waals surface area contributed by atoms with Gasteiger partial charge in [0.1, 0.15) is 10.8 Å². The van der Waals surface area contributed by atoms with Gasteiger partial charge >= 0.3 is 5.97 Å². The van der Waals surface area contributed by atoms with Gasteiger partial charge in [0.05, 0.1) is 11.3 Å². The number of carbonyl (C=O) groups excluding carboxylic acids is 2. The second-order valence-corrected chi connectivity index (χ2v) is 6.76. The molecule has 0 saturated carbocycles. The van der Waals surface area contributed by atoms with E-state index >= 15 is 0 Å². The molecular weight excluding hydrogens is 399 g/mol. The number of nitrogens with one attached hydrogen (secondary N) is 1. The fraction of sp³-hybridized carbons (Fsp3) is 0.176. The highest BCUT2D eigenvalue weighted by Gasteiger charge is 2.14. The molecule has 0 radical (unpaired) electrons. The average Bonchev–Trinajstić information content (AvgIpc) is 2.63. The number of amides is 1. The van der Waals surface area contributed by atoms with E-state index in [2.05, 4.69) is 5.32 Å². The van der Waals surface area contributed by atoms with Crippen LogP contribution in [0.5, 0.6) is 0 Å². The number of ether oxygens (including phenoxy) is 1. The van der Waals surface area contributed by atoms with E-state index in [-0.39, 0.29) is 28.6 Å². The number of rotatable bonds is 8. The molecule has 7 nitrogen and oxygen atoms in total. The van der Waals surface area contributed by atoms with Gasteiger partial charge in [0.2, 0.25) is 0 Å². The Morgan fingerprint density at radius 1 is 1.22 bits per heavy atom. The number of hydrogen-bond donors (Lipinski definition) is 1. The summed E-state index contributed by atoms with van der Waals surface area (Å²) in [6.45, 7) is -0.517. The van der Waals surface area contributed by atoms with Crippen molar-refractivity contribution in [3.8, 4) is 0 Å². The lowest BCUT2D eigenvalue weighted by Gasteiger charge is -2.07. The Hall–Kier alpha value is -2.65. The van der Waals surface area contributed by atoms with Crippen LogP contribution >= 0.6 is 23.4 Å². The molecule has 1 N–H and O–H groups in total. The van der Waals surface area contributed by atoms with Crippen LogP contribution in [-0.2, 0) is 14.3 Å². The van der Waals surface area contributed by atoms with Gasteiger partial charge in [0, 0.05) is 22.4 Å². The SMILES string of the molecule is O=C(COC(=O)CCSc1ccc(F)cc1)Nc1ccc(Cl)c([N+](=O)[O-])c1. The van der Waals surface area contributed by atoms with Crippen molar-refractivity contribution in [3.05, 3.63) is 63.4 Å². The summed E-state index contributed by atoms with van der Waals surface area (Å²) in [5, 5.41) is 13.1. The highest BCUT2D eigenvalue weighted by Crippen LogP contribution is 2.27. The summed E-state index contributed by atoms with van der Waals surface area (Å²) in [6, 6.07) is 9.65. The zero-order valence-corrected chi connectivity index (χ0v) is 15.4. The molecular formula is C17H14ClFN2O5S. The molecule has 0 fully saturated rings. The van der Waals surface area contributed by atoms with Crippen molar-refractivity contribution < 1.29 is 23.6 Å². The predicted molar refractivity (Wildman–Crippen MR) is 99.4 cm³/mol. The number of nitro benzene ring substituents is 1. The van der Waals surface area contributed by atoms with Crippen molar-refractivity contribution in [2.45, 2.75) is 11.3 Å². The van der Waals surface area contributed by atoms with Crippen LogP contribution in [-0.4, -0.2) is 29.2 Å². The molecule has 0 aliphatic carbocycles. The van der Waals surface area contributed by atoms with Crippen LogP contribution in [0, 0.1) is 15.9 Å². The normalized spacial score (nSPS) is 10.3. The van der Waals surface area contributed by atoms with E-state index in [1.165, 1.54) is 36.0 Å². The molecule has 142 valence electrons. The number of halogens is 2. The Kier molecular flexibility index (Phi) is 7.56. The maximum absolute atomic E-state index is 12.8. The van der Waals surface area contributed by atoms with Crippen molar-refractivity contribution in [1.29, 1.82) is 0 Å². The molecule has 2 aromatic rings. The molecule has 0 bridgehead atoms. The molecule has 0 spiro atoms. The van der Waals surface area contributed by atoms with Gasteiger partial charge in [0.25, 0.3) is 11.6 Å². The van der Waals surface area contributed by atoms with Gasteiger partial charge in [-0.1, -0.05) is 11.6 Å². The number of benzene rings is 2. The minimum atomic E-state index is -0.670. The summed E-state index contributed by atoms with van der Waals surface area (Å²) in [7, 11) is 0. The number of thioether (sulfide) groups is 1. The van der Waals surface area contributed by atoms with E-state index in [0.29, 0.717) is 5.75 Å².